The molecule has 1 aromatic heterocycles. The minimum atomic E-state index is 0.0872. The predicted molar refractivity (Wildman–Crippen MR) is 73.2 cm³/mol. The van der Waals surface area contributed by atoms with Crippen molar-refractivity contribution in [2.24, 2.45) is 0 Å². The maximum atomic E-state index is 10.9. The number of carbonyl (C=O) groups excluding carboxylic acids is 1. The Morgan fingerprint density at radius 2 is 1.83 bits per heavy atom. The lowest BCUT2D eigenvalue weighted by atomic mass is 10.2. The van der Waals surface area contributed by atoms with E-state index in [1.807, 2.05) is 36.4 Å². The summed E-state index contributed by atoms with van der Waals surface area (Å²) in [5, 5.41) is 0.0872. The van der Waals surface area contributed by atoms with Gasteiger partial charge in [-0.1, -0.05) is 23.6 Å². The summed E-state index contributed by atoms with van der Waals surface area (Å²) in [5.74, 6) is 6.09. The average molecular weight is 253 g/mol. The number of carbonyl (C=O) groups is 1. The highest BCUT2D eigenvalue weighted by molar-refractivity contribution is 8.13. The van der Waals surface area contributed by atoms with Crippen LogP contribution in [0.3, 0.4) is 0 Å². The first-order chi connectivity index (χ1) is 8.74. The average Bonchev–Trinajstić information content (AvgIpc) is 2.38. The molecule has 0 aliphatic carbocycles. The summed E-state index contributed by atoms with van der Waals surface area (Å²) in [6.45, 7) is 1.56. The molecule has 0 aliphatic rings. The third-order valence-corrected chi connectivity index (χ3v) is 2.92. The van der Waals surface area contributed by atoms with E-state index < -0.39 is 0 Å². The predicted octanol–water partition coefficient (Wildman–Crippen LogP) is 3.12. The van der Waals surface area contributed by atoms with E-state index in [4.69, 9.17) is 0 Å². The minimum absolute atomic E-state index is 0.0872. The molecule has 0 radical (unpaired) electrons. The second-order valence-electron chi connectivity index (χ2n) is 3.61. The number of rotatable bonds is 1. The highest BCUT2D eigenvalue weighted by atomic mass is 32.2. The fourth-order valence-electron chi connectivity index (χ4n) is 1.35. The third kappa shape index (κ3) is 3.76. The second kappa shape index (κ2) is 6.04. The lowest BCUT2D eigenvalue weighted by Gasteiger charge is -1.96. The highest BCUT2D eigenvalue weighted by Gasteiger charge is 1.97. The molecule has 2 rings (SSSR count). The van der Waals surface area contributed by atoms with Crippen LogP contribution in [-0.4, -0.2) is 10.1 Å². The summed E-state index contributed by atoms with van der Waals surface area (Å²) in [4.78, 5) is 15.9. The molecular formula is C15H11NOS. The molecule has 0 aliphatic heterocycles. The first-order valence-electron chi connectivity index (χ1n) is 5.44. The molecule has 0 saturated carbocycles. The van der Waals surface area contributed by atoms with Crippen LogP contribution in [0.5, 0.6) is 0 Å². The topological polar surface area (TPSA) is 30.0 Å². The molecule has 0 bridgehead atoms. The van der Waals surface area contributed by atoms with Gasteiger partial charge in [0.1, 0.15) is 0 Å². The maximum Gasteiger partial charge on any atom is 0.190 e. The van der Waals surface area contributed by atoms with Crippen molar-refractivity contribution in [3.05, 3.63) is 59.9 Å². The van der Waals surface area contributed by atoms with Gasteiger partial charge >= 0.3 is 0 Å². The van der Waals surface area contributed by atoms with Crippen molar-refractivity contribution in [1.29, 1.82) is 0 Å². The summed E-state index contributed by atoms with van der Waals surface area (Å²) < 4.78 is 0. The molecule has 18 heavy (non-hydrogen) atoms. The number of aromatic nitrogens is 1. The monoisotopic (exact) mass is 253 g/mol. The van der Waals surface area contributed by atoms with Gasteiger partial charge in [-0.05, 0) is 36.4 Å². The fourth-order valence-corrected chi connectivity index (χ4v) is 1.96. The Balaban J connectivity index is 2.12. The zero-order chi connectivity index (χ0) is 12.8. The first kappa shape index (κ1) is 12.4. The van der Waals surface area contributed by atoms with E-state index in [1.165, 1.54) is 11.8 Å². The van der Waals surface area contributed by atoms with Crippen LogP contribution in [0.15, 0.2) is 53.7 Å². The van der Waals surface area contributed by atoms with Crippen molar-refractivity contribution in [3.63, 3.8) is 0 Å². The van der Waals surface area contributed by atoms with Crippen LogP contribution in [0.2, 0.25) is 0 Å². The zero-order valence-corrected chi connectivity index (χ0v) is 10.7. The number of benzene rings is 1. The summed E-state index contributed by atoms with van der Waals surface area (Å²) in [5.41, 5.74) is 1.81. The molecule has 0 unspecified atom stereocenters. The molecule has 0 spiro atoms. The van der Waals surface area contributed by atoms with Crippen LogP contribution in [0.1, 0.15) is 18.1 Å². The quantitative estimate of drug-likeness (QED) is 0.578. The van der Waals surface area contributed by atoms with Crippen LogP contribution in [0.4, 0.5) is 0 Å². The van der Waals surface area contributed by atoms with E-state index in [2.05, 4.69) is 16.8 Å². The molecule has 2 aromatic rings. The van der Waals surface area contributed by atoms with Gasteiger partial charge in [0.25, 0.3) is 0 Å². The Morgan fingerprint density at radius 3 is 2.44 bits per heavy atom. The number of thioether (sulfide) groups is 1. The van der Waals surface area contributed by atoms with Crippen LogP contribution in [-0.2, 0) is 4.79 Å². The summed E-state index contributed by atoms with van der Waals surface area (Å²) in [6.07, 6.45) is 3.45. The van der Waals surface area contributed by atoms with Gasteiger partial charge in [0.05, 0.1) is 0 Å². The Labute approximate surface area is 110 Å². The highest BCUT2D eigenvalue weighted by Crippen LogP contribution is 2.18. The SMILES string of the molecule is CC(=O)Sc1ccc(C#Cc2cccnc2)cc1. The second-order valence-corrected chi connectivity index (χ2v) is 4.86. The molecule has 0 amide bonds. The number of hydrogen-bond donors (Lipinski definition) is 0. The van der Waals surface area contributed by atoms with Crippen LogP contribution in [0.25, 0.3) is 0 Å². The van der Waals surface area contributed by atoms with Gasteiger partial charge in [-0.15, -0.1) is 0 Å². The Kier molecular flexibility index (Phi) is 4.16. The van der Waals surface area contributed by atoms with E-state index in [0.717, 1.165) is 16.0 Å². The first-order valence-corrected chi connectivity index (χ1v) is 6.26. The molecule has 3 heteroatoms. The fraction of sp³-hybridized carbons (Fsp3) is 0.0667. The van der Waals surface area contributed by atoms with Gasteiger partial charge in [-0.3, -0.25) is 9.78 Å². The molecule has 1 aromatic carbocycles. The molecule has 2 nitrogen and oxygen atoms in total. The summed E-state index contributed by atoms with van der Waals surface area (Å²) in [7, 11) is 0. The lowest BCUT2D eigenvalue weighted by Crippen LogP contribution is -1.82. The molecule has 0 N–H and O–H groups in total. The van der Waals surface area contributed by atoms with E-state index in [9.17, 15) is 4.79 Å². The van der Waals surface area contributed by atoms with E-state index >= 15 is 0 Å². The molecule has 1 heterocycles. The van der Waals surface area contributed by atoms with Gasteiger partial charge in [0.2, 0.25) is 0 Å². The zero-order valence-electron chi connectivity index (χ0n) is 9.88. The van der Waals surface area contributed by atoms with Crippen molar-refractivity contribution >= 4 is 16.9 Å². The lowest BCUT2D eigenvalue weighted by molar-refractivity contribution is -0.109. The molecule has 0 atom stereocenters. The number of pyridine rings is 1. The summed E-state index contributed by atoms with van der Waals surface area (Å²) in [6, 6.07) is 11.4. The van der Waals surface area contributed by atoms with Crippen molar-refractivity contribution in [1.82, 2.24) is 4.98 Å². The van der Waals surface area contributed by atoms with Crippen LogP contribution >= 0.6 is 11.8 Å². The number of nitrogens with zero attached hydrogens (tertiary/aromatic N) is 1. The Hall–Kier alpha value is -2.05. The van der Waals surface area contributed by atoms with Crippen molar-refractivity contribution < 1.29 is 4.79 Å². The third-order valence-electron chi connectivity index (χ3n) is 2.13. The standard InChI is InChI=1S/C15H11NOS/c1-12(17)18-15-8-6-13(7-9-15)4-5-14-3-2-10-16-11-14/h2-3,6-11H,1H3. The summed E-state index contributed by atoms with van der Waals surface area (Å²) >= 11 is 1.22. The van der Waals surface area contributed by atoms with Gasteiger partial charge in [-0.2, -0.15) is 0 Å². The number of hydrogen-bond acceptors (Lipinski definition) is 3. The molecule has 88 valence electrons. The largest absolute Gasteiger partial charge is 0.287 e. The molecular weight excluding hydrogens is 242 g/mol. The van der Waals surface area contributed by atoms with Gasteiger partial charge in [0, 0.05) is 35.3 Å². The van der Waals surface area contributed by atoms with Crippen molar-refractivity contribution in [3.8, 4) is 11.8 Å². The van der Waals surface area contributed by atoms with Crippen molar-refractivity contribution in [2.75, 3.05) is 0 Å². The molecule has 0 fully saturated rings. The van der Waals surface area contributed by atoms with Crippen LogP contribution < -0.4 is 0 Å². The van der Waals surface area contributed by atoms with E-state index in [1.54, 1.807) is 19.3 Å². The van der Waals surface area contributed by atoms with Gasteiger partial charge < -0.3 is 0 Å². The Bertz CT molecular complexity index is 594. The van der Waals surface area contributed by atoms with Gasteiger partial charge in [-0.25, -0.2) is 0 Å². The van der Waals surface area contributed by atoms with Gasteiger partial charge in [0.15, 0.2) is 5.12 Å². The normalized spacial score (nSPS) is 9.39. The minimum Gasteiger partial charge on any atom is -0.287 e. The smallest absolute Gasteiger partial charge is 0.190 e. The van der Waals surface area contributed by atoms with E-state index in [-0.39, 0.29) is 5.12 Å². The Morgan fingerprint density at radius 1 is 1.11 bits per heavy atom. The maximum absolute atomic E-state index is 10.9. The van der Waals surface area contributed by atoms with Crippen molar-refractivity contribution in [2.45, 2.75) is 11.8 Å². The van der Waals surface area contributed by atoms with E-state index in [0.29, 0.717) is 0 Å². The molecule has 0 saturated heterocycles. The van der Waals surface area contributed by atoms with Crippen LogP contribution in [0, 0.1) is 11.8 Å².